The summed E-state index contributed by atoms with van der Waals surface area (Å²) in [7, 11) is 0. The molecule has 1 aliphatic rings. The quantitative estimate of drug-likeness (QED) is 0.634. The summed E-state index contributed by atoms with van der Waals surface area (Å²) >= 11 is 0. The SMILES string of the molecule is O=C(O)CCCCNC(=O)[C@@H]1CCCO1. The number of rotatable bonds is 6. The predicted molar refractivity (Wildman–Crippen MR) is 53.5 cm³/mol. The third kappa shape index (κ3) is 4.78. The smallest absolute Gasteiger partial charge is 0.303 e. The molecule has 5 nitrogen and oxygen atoms in total. The van der Waals surface area contributed by atoms with Crippen LogP contribution < -0.4 is 5.32 Å². The van der Waals surface area contributed by atoms with Gasteiger partial charge in [-0.3, -0.25) is 9.59 Å². The van der Waals surface area contributed by atoms with Crippen molar-refractivity contribution in [3.63, 3.8) is 0 Å². The van der Waals surface area contributed by atoms with E-state index in [1.54, 1.807) is 0 Å². The van der Waals surface area contributed by atoms with E-state index in [1.165, 1.54) is 0 Å². The van der Waals surface area contributed by atoms with E-state index in [9.17, 15) is 9.59 Å². The molecule has 0 aromatic rings. The lowest BCUT2D eigenvalue weighted by Crippen LogP contribution is -2.34. The van der Waals surface area contributed by atoms with E-state index in [2.05, 4.69) is 5.32 Å². The van der Waals surface area contributed by atoms with Gasteiger partial charge in [0.15, 0.2) is 0 Å². The van der Waals surface area contributed by atoms with Crippen molar-refractivity contribution in [2.75, 3.05) is 13.2 Å². The van der Waals surface area contributed by atoms with E-state index in [-0.39, 0.29) is 18.4 Å². The first kappa shape index (κ1) is 12.0. The standard InChI is InChI=1S/C10H17NO4/c12-9(13)5-1-2-6-11-10(14)8-4-3-7-15-8/h8H,1-7H2,(H,11,14)(H,12,13)/t8-/m0/s1. The number of carbonyl (C=O) groups excluding carboxylic acids is 1. The molecule has 1 aliphatic heterocycles. The minimum atomic E-state index is -0.791. The molecule has 0 unspecified atom stereocenters. The van der Waals surface area contributed by atoms with Gasteiger partial charge in [0.05, 0.1) is 0 Å². The highest BCUT2D eigenvalue weighted by Gasteiger charge is 2.22. The number of carbonyl (C=O) groups is 2. The molecule has 0 spiro atoms. The Kier molecular flexibility index (Phi) is 5.10. The van der Waals surface area contributed by atoms with E-state index in [0.717, 1.165) is 12.8 Å². The highest BCUT2D eigenvalue weighted by atomic mass is 16.5. The zero-order valence-electron chi connectivity index (χ0n) is 8.70. The van der Waals surface area contributed by atoms with Crippen molar-refractivity contribution in [2.45, 2.75) is 38.2 Å². The first-order valence-corrected chi connectivity index (χ1v) is 5.31. The molecule has 5 heteroatoms. The summed E-state index contributed by atoms with van der Waals surface area (Å²) in [5, 5.41) is 11.1. The van der Waals surface area contributed by atoms with Gasteiger partial charge < -0.3 is 15.2 Å². The molecule has 1 amide bonds. The minimum Gasteiger partial charge on any atom is -0.481 e. The predicted octanol–water partition coefficient (Wildman–Crippen LogP) is 0.536. The molecular weight excluding hydrogens is 198 g/mol. The fourth-order valence-corrected chi connectivity index (χ4v) is 1.51. The van der Waals surface area contributed by atoms with Gasteiger partial charge in [0, 0.05) is 19.6 Å². The Morgan fingerprint density at radius 3 is 2.80 bits per heavy atom. The van der Waals surface area contributed by atoms with Gasteiger partial charge in [-0.15, -0.1) is 0 Å². The summed E-state index contributed by atoms with van der Waals surface area (Å²) in [6, 6.07) is 0. The third-order valence-electron chi connectivity index (χ3n) is 2.34. The van der Waals surface area contributed by atoms with Crippen molar-refractivity contribution < 1.29 is 19.4 Å². The Labute approximate surface area is 88.8 Å². The summed E-state index contributed by atoms with van der Waals surface area (Å²) < 4.78 is 5.20. The Morgan fingerprint density at radius 2 is 2.20 bits per heavy atom. The molecule has 0 radical (unpaired) electrons. The second-order valence-corrected chi connectivity index (χ2v) is 3.64. The van der Waals surface area contributed by atoms with Crippen LogP contribution in [0.2, 0.25) is 0 Å². The van der Waals surface area contributed by atoms with Crippen molar-refractivity contribution in [3.8, 4) is 0 Å². The lowest BCUT2D eigenvalue weighted by molar-refractivity contribution is -0.137. The number of amides is 1. The fraction of sp³-hybridized carbons (Fsp3) is 0.800. The van der Waals surface area contributed by atoms with Crippen LogP contribution in [0.3, 0.4) is 0 Å². The Hall–Kier alpha value is -1.10. The molecule has 2 N–H and O–H groups in total. The first-order chi connectivity index (χ1) is 7.20. The van der Waals surface area contributed by atoms with Crippen molar-refractivity contribution in [1.82, 2.24) is 5.32 Å². The van der Waals surface area contributed by atoms with Gasteiger partial charge in [-0.2, -0.15) is 0 Å². The number of hydrogen-bond acceptors (Lipinski definition) is 3. The topological polar surface area (TPSA) is 75.6 Å². The van der Waals surface area contributed by atoms with Crippen LogP contribution in [0.5, 0.6) is 0 Å². The maximum absolute atomic E-state index is 11.4. The molecule has 0 bridgehead atoms. The van der Waals surface area contributed by atoms with E-state index < -0.39 is 5.97 Å². The zero-order valence-corrected chi connectivity index (χ0v) is 8.70. The van der Waals surface area contributed by atoms with Crippen LogP contribution in [-0.2, 0) is 14.3 Å². The molecule has 0 aliphatic carbocycles. The Balaban J connectivity index is 1.99. The molecular formula is C10H17NO4. The number of aliphatic carboxylic acids is 1. The van der Waals surface area contributed by atoms with Crippen molar-refractivity contribution >= 4 is 11.9 Å². The second kappa shape index (κ2) is 6.40. The fourth-order valence-electron chi connectivity index (χ4n) is 1.51. The number of ether oxygens (including phenoxy) is 1. The maximum Gasteiger partial charge on any atom is 0.303 e. The van der Waals surface area contributed by atoms with Crippen LogP contribution in [-0.4, -0.2) is 36.2 Å². The van der Waals surface area contributed by atoms with Crippen LogP contribution in [0.4, 0.5) is 0 Å². The Morgan fingerprint density at radius 1 is 1.40 bits per heavy atom. The molecule has 0 aromatic heterocycles. The van der Waals surface area contributed by atoms with Gasteiger partial charge in [0.25, 0.3) is 0 Å². The summed E-state index contributed by atoms with van der Waals surface area (Å²) in [6.45, 7) is 1.20. The molecule has 1 fully saturated rings. The van der Waals surface area contributed by atoms with Gasteiger partial charge in [-0.05, 0) is 25.7 Å². The van der Waals surface area contributed by atoms with Crippen molar-refractivity contribution in [1.29, 1.82) is 0 Å². The van der Waals surface area contributed by atoms with E-state index in [1.807, 2.05) is 0 Å². The second-order valence-electron chi connectivity index (χ2n) is 3.64. The van der Waals surface area contributed by atoms with Gasteiger partial charge in [-0.25, -0.2) is 0 Å². The molecule has 1 heterocycles. The van der Waals surface area contributed by atoms with Gasteiger partial charge in [0.2, 0.25) is 5.91 Å². The van der Waals surface area contributed by atoms with Crippen LogP contribution >= 0.6 is 0 Å². The number of nitrogens with one attached hydrogen (secondary N) is 1. The molecule has 0 saturated carbocycles. The molecule has 1 atom stereocenters. The highest BCUT2D eigenvalue weighted by Crippen LogP contribution is 2.11. The van der Waals surface area contributed by atoms with Crippen LogP contribution in [0.25, 0.3) is 0 Å². The number of carboxylic acid groups (broad SMARTS) is 1. The average molecular weight is 215 g/mol. The van der Waals surface area contributed by atoms with Gasteiger partial charge in [-0.1, -0.05) is 0 Å². The average Bonchev–Trinajstić information content (AvgIpc) is 2.69. The lowest BCUT2D eigenvalue weighted by Gasteiger charge is -2.09. The Bertz CT molecular complexity index is 223. The third-order valence-corrected chi connectivity index (χ3v) is 2.34. The van der Waals surface area contributed by atoms with Crippen molar-refractivity contribution in [3.05, 3.63) is 0 Å². The molecule has 15 heavy (non-hydrogen) atoms. The summed E-state index contributed by atoms with van der Waals surface area (Å²) in [6.07, 6.45) is 2.91. The molecule has 1 rings (SSSR count). The summed E-state index contributed by atoms with van der Waals surface area (Å²) in [5.74, 6) is -0.858. The number of unbranched alkanes of at least 4 members (excludes halogenated alkanes) is 1. The minimum absolute atomic E-state index is 0.0668. The lowest BCUT2D eigenvalue weighted by atomic mass is 10.2. The molecule has 1 saturated heterocycles. The van der Waals surface area contributed by atoms with E-state index in [4.69, 9.17) is 9.84 Å². The summed E-state index contributed by atoms with van der Waals surface area (Å²) in [5.41, 5.74) is 0. The van der Waals surface area contributed by atoms with E-state index >= 15 is 0 Å². The molecule has 0 aromatic carbocycles. The van der Waals surface area contributed by atoms with Crippen LogP contribution in [0.1, 0.15) is 32.1 Å². The van der Waals surface area contributed by atoms with Crippen LogP contribution in [0, 0.1) is 0 Å². The number of carboxylic acids is 1. The van der Waals surface area contributed by atoms with Gasteiger partial charge >= 0.3 is 5.97 Å². The van der Waals surface area contributed by atoms with Gasteiger partial charge in [0.1, 0.15) is 6.10 Å². The zero-order chi connectivity index (χ0) is 11.1. The first-order valence-electron chi connectivity index (χ1n) is 5.31. The number of hydrogen-bond donors (Lipinski definition) is 2. The maximum atomic E-state index is 11.4. The largest absolute Gasteiger partial charge is 0.481 e. The van der Waals surface area contributed by atoms with Crippen molar-refractivity contribution in [2.24, 2.45) is 0 Å². The highest BCUT2D eigenvalue weighted by molar-refractivity contribution is 5.80. The molecule has 86 valence electrons. The van der Waals surface area contributed by atoms with Crippen LogP contribution in [0.15, 0.2) is 0 Å². The summed E-state index contributed by atoms with van der Waals surface area (Å²) in [4.78, 5) is 21.6. The monoisotopic (exact) mass is 215 g/mol. The normalized spacial score (nSPS) is 20.1. The van der Waals surface area contributed by atoms with E-state index in [0.29, 0.717) is 26.0 Å².